The van der Waals surface area contributed by atoms with Gasteiger partial charge in [0.25, 0.3) is 5.91 Å². The van der Waals surface area contributed by atoms with Crippen LogP contribution in [0.4, 0.5) is 4.79 Å². The number of aliphatic imine (C=N–C) groups is 1. The van der Waals surface area contributed by atoms with Crippen molar-refractivity contribution in [1.29, 1.82) is 0 Å². The highest BCUT2D eigenvalue weighted by Crippen LogP contribution is 2.09. The van der Waals surface area contributed by atoms with Gasteiger partial charge >= 0.3 is 12.1 Å². The Balaban J connectivity index is 2.57. The van der Waals surface area contributed by atoms with Crippen molar-refractivity contribution in [3.05, 3.63) is 35.4 Å². The lowest BCUT2D eigenvalue weighted by atomic mass is 10.1. The molecule has 7 N–H and O–H groups in total. The maximum atomic E-state index is 12.3. The topological polar surface area (TPSA) is 169 Å². The number of carbonyl (C=O) groups excluding carboxylic acids is 2. The highest BCUT2D eigenvalue weighted by molar-refractivity contribution is 5.96. The second-order valence-electron chi connectivity index (χ2n) is 7.37. The molecular formula is C19H29N5O5. The summed E-state index contributed by atoms with van der Waals surface area (Å²) >= 11 is 0. The minimum Gasteiger partial charge on any atom is -0.480 e. The number of guanidine groups is 1. The minimum absolute atomic E-state index is 0.0674. The highest BCUT2D eigenvalue weighted by Gasteiger charge is 2.20. The number of aliphatic carboxylic acids is 1. The van der Waals surface area contributed by atoms with E-state index in [1.807, 2.05) is 0 Å². The first-order valence-corrected chi connectivity index (χ1v) is 9.13. The lowest BCUT2D eigenvalue weighted by Gasteiger charge is -2.19. The molecule has 0 aromatic heterocycles. The normalized spacial score (nSPS) is 11.8. The summed E-state index contributed by atoms with van der Waals surface area (Å²) < 4.78 is 5.15. The average Bonchev–Trinajstić information content (AvgIpc) is 2.61. The van der Waals surface area contributed by atoms with Gasteiger partial charge in [-0.15, -0.1) is 0 Å². The molecule has 0 aliphatic rings. The molecule has 2 amide bonds. The van der Waals surface area contributed by atoms with Gasteiger partial charge in [-0.1, -0.05) is 12.1 Å². The predicted octanol–water partition coefficient (Wildman–Crippen LogP) is 0.948. The first-order chi connectivity index (χ1) is 13.5. The van der Waals surface area contributed by atoms with E-state index in [1.54, 1.807) is 45.0 Å². The molecule has 0 aliphatic heterocycles. The Morgan fingerprint density at radius 2 is 1.79 bits per heavy atom. The lowest BCUT2D eigenvalue weighted by Crippen LogP contribution is -2.40. The van der Waals surface area contributed by atoms with Crippen molar-refractivity contribution in [1.82, 2.24) is 10.6 Å². The molecule has 0 saturated heterocycles. The number of nitrogens with zero attached hydrogens (tertiary/aromatic N) is 1. The van der Waals surface area contributed by atoms with Crippen molar-refractivity contribution < 1.29 is 24.2 Å². The zero-order chi connectivity index (χ0) is 22.0. The first-order valence-electron chi connectivity index (χ1n) is 9.13. The molecular weight excluding hydrogens is 378 g/mol. The van der Waals surface area contributed by atoms with Gasteiger partial charge < -0.3 is 31.9 Å². The van der Waals surface area contributed by atoms with Crippen molar-refractivity contribution in [3.8, 4) is 0 Å². The second kappa shape index (κ2) is 10.9. The first kappa shape index (κ1) is 23.7. The van der Waals surface area contributed by atoms with Crippen molar-refractivity contribution in [2.24, 2.45) is 16.5 Å². The third-order valence-corrected chi connectivity index (χ3v) is 3.60. The molecule has 1 atom stereocenters. The second-order valence-corrected chi connectivity index (χ2v) is 7.37. The molecule has 1 rings (SSSR count). The van der Waals surface area contributed by atoms with Crippen molar-refractivity contribution in [3.63, 3.8) is 0 Å². The number of nitrogens with one attached hydrogen (secondary N) is 2. The lowest BCUT2D eigenvalue weighted by molar-refractivity contribution is -0.139. The number of rotatable bonds is 9. The summed E-state index contributed by atoms with van der Waals surface area (Å²) in [6.45, 7) is 5.82. The largest absolute Gasteiger partial charge is 0.480 e. The number of carboxylic acid groups (broad SMARTS) is 1. The SMILES string of the molecule is CC(C)(C)OC(=O)NCc1ccc(C(=O)N[C@@H](CCCN=C(N)N)C(=O)O)cc1. The summed E-state index contributed by atoms with van der Waals surface area (Å²) in [5, 5.41) is 14.4. The van der Waals surface area contributed by atoms with Gasteiger partial charge in [0.2, 0.25) is 0 Å². The average molecular weight is 407 g/mol. The fourth-order valence-electron chi connectivity index (χ4n) is 2.26. The van der Waals surface area contributed by atoms with Crippen LogP contribution in [-0.4, -0.2) is 47.2 Å². The molecule has 1 aromatic carbocycles. The zero-order valence-corrected chi connectivity index (χ0v) is 16.9. The van der Waals surface area contributed by atoms with E-state index in [4.69, 9.17) is 16.2 Å². The van der Waals surface area contributed by atoms with E-state index < -0.39 is 29.6 Å². The van der Waals surface area contributed by atoms with Crippen LogP contribution in [0.3, 0.4) is 0 Å². The Kier molecular flexibility index (Phi) is 8.91. The van der Waals surface area contributed by atoms with Gasteiger partial charge in [-0.2, -0.15) is 0 Å². The molecule has 0 aliphatic carbocycles. The molecule has 0 fully saturated rings. The number of carbonyl (C=O) groups is 3. The zero-order valence-electron chi connectivity index (χ0n) is 16.9. The van der Waals surface area contributed by atoms with E-state index in [0.29, 0.717) is 12.0 Å². The summed E-state index contributed by atoms with van der Waals surface area (Å²) in [4.78, 5) is 39.1. The molecule has 0 radical (unpaired) electrons. The molecule has 1 aromatic rings. The number of hydrogen-bond donors (Lipinski definition) is 5. The Morgan fingerprint density at radius 3 is 2.31 bits per heavy atom. The summed E-state index contributed by atoms with van der Waals surface area (Å²) in [6, 6.07) is 5.39. The fourth-order valence-corrected chi connectivity index (χ4v) is 2.26. The van der Waals surface area contributed by atoms with E-state index in [9.17, 15) is 19.5 Å². The summed E-state index contributed by atoms with van der Waals surface area (Å²) in [5.41, 5.74) is 10.9. The Bertz CT molecular complexity index is 736. The van der Waals surface area contributed by atoms with E-state index in [0.717, 1.165) is 5.56 Å². The molecule has 29 heavy (non-hydrogen) atoms. The molecule has 160 valence electrons. The molecule has 0 saturated carbocycles. The van der Waals surface area contributed by atoms with Gasteiger partial charge in [-0.05, 0) is 51.3 Å². The molecule has 0 spiro atoms. The van der Waals surface area contributed by atoms with Crippen molar-refractivity contribution in [2.75, 3.05) is 6.54 Å². The molecule has 0 bridgehead atoms. The van der Waals surface area contributed by atoms with E-state index in [2.05, 4.69) is 15.6 Å². The standard InChI is InChI=1S/C19H29N5O5/c1-19(2,3)29-18(28)23-11-12-6-8-13(9-7-12)15(25)24-14(16(26)27)5-4-10-22-17(20)21/h6-9,14H,4-5,10-11H2,1-3H3,(H,23,28)(H,24,25)(H,26,27)(H4,20,21,22)/t14-/m0/s1. The van der Waals surface area contributed by atoms with Crippen molar-refractivity contribution in [2.45, 2.75) is 51.8 Å². The van der Waals surface area contributed by atoms with Crippen LogP contribution >= 0.6 is 0 Å². The monoisotopic (exact) mass is 407 g/mol. The van der Waals surface area contributed by atoms with Crippen LogP contribution in [0.25, 0.3) is 0 Å². The van der Waals surface area contributed by atoms with Gasteiger partial charge in [0, 0.05) is 18.7 Å². The molecule has 10 heteroatoms. The maximum Gasteiger partial charge on any atom is 0.407 e. The number of carboxylic acids is 1. The van der Waals surface area contributed by atoms with Gasteiger partial charge in [-0.3, -0.25) is 9.79 Å². The van der Waals surface area contributed by atoms with Crippen molar-refractivity contribution >= 4 is 23.9 Å². The van der Waals surface area contributed by atoms with Crippen LogP contribution in [0.2, 0.25) is 0 Å². The predicted molar refractivity (Wildman–Crippen MR) is 108 cm³/mol. The van der Waals surface area contributed by atoms with E-state index >= 15 is 0 Å². The van der Waals surface area contributed by atoms with Crippen LogP contribution in [0, 0.1) is 0 Å². The molecule has 0 heterocycles. The summed E-state index contributed by atoms with van der Waals surface area (Å²) in [5.74, 6) is -1.71. The van der Waals surface area contributed by atoms with Gasteiger partial charge in [-0.25, -0.2) is 9.59 Å². The number of ether oxygens (including phenoxy) is 1. The van der Waals surface area contributed by atoms with Gasteiger partial charge in [0.15, 0.2) is 5.96 Å². The number of nitrogens with two attached hydrogens (primary N) is 2. The number of benzene rings is 1. The van der Waals surface area contributed by atoms with Gasteiger partial charge in [0.1, 0.15) is 11.6 Å². The quantitative estimate of drug-likeness (QED) is 0.230. The Labute approximate surface area is 169 Å². The van der Waals surface area contributed by atoms with E-state index in [1.165, 1.54) is 0 Å². The smallest absolute Gasteiger partial charge is 0.407 e. The molecule has 0 unspecified atom stereocenters. The Morgan fingerprint density at radius 1 is 1.17 bits per heavy atom. The summed E-state index contributed by atoms with van der Waals surface area (Å²) in [7, 11) is 0. The van der Waals surface area contributed by atoms with E-state index in [-0.39, 0.29) is 25.5 Å². The van der Waals surface area contributed by atoms with Crippen LogP contribution < -0.4 is 22.1 Å². The van der Waals surface area contributed by atoms with Crippen LogP contribution in [0.5, 0.6) is 0 Å². The van der Waals surface area contributed by atoms with Crippen LogP contribution in [-0.2, 0) is 16.1 Å². The number of hydrogen-bond acceptors (Lipinski definition) is 5. The Hall–Kier alpha value is -3.30. The van der Waals surface area contributed by atoms with Gasteiger partial charge in [0.05, 0.1) is 0 Å². The molecule has 10 nitrogen and oxygen atoms in total. The highest BCUT2D eigenvalue weighted by atomic mass is 16.6. The number of alkyl carbamates (subject to hydrolysis) is 1. The third kappa shape index (κ3) is 9.99. The third-order valence-electron chi connectivity index (χ3n) is 3.60. The van der Waals surface area contributed by atoms with Crippen LogP contribution in [0.15, 0.2) is 29.3 Å². The minimum atomic E-state index is -1.14. The maximum absolute atomic E-state index is 12.3. The summed E-state index contributed by atoms with van der Waals surface area (Å²) in [6.07, 6.45) is 0.0597. The fraction of sp³-hybridized carbons (Fsp3) is 0.474. The number of amides is 2. The van der Waals surface area contributed by atoms with Crippen LogP contribution in [0.1, 0.15) is 49.5 Å².